The van der Waals surface area contributed by atoms with E-state index in [-0.39, 0.29) is 11.1 Å². The molecular formula is C11H17N3O3S. The van der Waals surface area contributed by atoms with Gasteiger partial charge >= 0.3 is 0 Å². The fourth-order valence-corrected chi connectivity index (χ4v) is 3.96. The minimum absolute atomic E-state index is 0.166. The van der Waals surface area contributed by atoms with E-state index >= 15 is 0 Å². The molecule has 1 aromatic heterocycles. The molecule has 7 heteroatoms. The standard InChI is InChI=1S/C11H17N3O3S/c15-18(16,11-3-5-12-13-11)14(10-1-2-10)7-9-4-6-17-8-9/h3,5,9-10H,1-2,4,6-8H2,(H,12,13). The molecule has 2 heterocycles. The molecular weight excluding hydrogens is 254 g/mol. The first kappa shape index (κ1) is 12.1. The van der Waals surface area contributed by atoms with E-state index < -0.39 is 10.0 Å². The van der Waals surface area contributed by atoms with Crippen molar-refractivity contribution in [2.75, 3.05) is 19.8 Å². The molecule has 6 nitrogen and oxygen atoms in total. The van der Waals surface area contributed by atoms with Gasteiger partial charge in [0.2, 0.25) is 0 Å². The minimum Gasteiger partial charge on any atom is -0.381 e. The van der Waals surface area contributed by atoms with Crippen LogP contribution in [-0.4, -0.2) is 48.7 Å². The molecule has 100 valence electrons. The molecule has 1 aliphatic heterocycles. The average Bonchev–Trinajstić information content (AvgIpc) is 2.87. The predicted molar refractivity (Wildman–Crippen MR) is 64.4 cm³/mol. The van der Waals surface area contributed by atoms with Crippen molar-refractivity contribution in [2.45, 2.75) is 30.3 Å². The van der Waals surface area contributed by atoms with Crippen LogP contribution in [0.25, 0.3) is 0 Å². The third-order valence-corrected chi connectivity index (χ3v) is 5.33. The number of rotatable bonds is 5. The lowest BCUT2D eigenvalue weighted by molar-refractivity contribution is 0.180. The molecule has 1 N–H and O–H groups in total. The molecule has 1 aromatic rings. The molecule has 0 aromatic carbocycles. The lowest BCUT2D eigenvalue weighted by atomic mass is 10.1. The van der Waals surface area contributed by atoms with Crippen LogP contribution in [0, 0.1) is 5.92 Å². The van der Waals surface area contributed by atoms with Crippen LogP contribution in [-0.2, 0) is 14.8 Å². The van der Waals surface area contributed by atoms with Gasteiger partial charge in [-0.05, 0) is 31.2 Å². The fraction of sp³-hybridized carbons (Fsp3) is 0.727. The lowest BCUT2D eigenvalue weighted by Gasteiger charge is -2.23. The summed E-state index contributed by atoms with van der Waals surface area (Å²) in [7, 11) is -3.42. The van der Waals surface area contributed by atoms with Crippen LogP contribution in [0.2, 0.25) is 0 Å². The zero-order valence-electron chi connectivity index (χ0n) is 10.1. The van der Waals surface area contributed by atoms with E-state index in [9.17, 15) is 8.42 Å². The third-order valence-electron chi connectivity index (χ3n) is 3.48. The van der Waals surface area contributed by atoms with Gasteiger partial charge in [0.25, 0.3) is 10.0 Å². The smallest absolute Gasteiger partial charge is 0.260 e. The van der Waals surface area contributed by atoms with Crippen LogP contribution >= 0.6 is 0 Å². The van der Waals surface area contributed by atoms with Crippen LogP contribution in [0.15, 0.2) is 17.3 Å². The summed E-state index contributed by atoms with van der Waals surface area (Å²) in [5.74, 6) is 0.322. The number of nitrogens with zero attached hydrogens (tertiary/aromatic N) is 2. The van der Waals surface area contributed by atoms with Crippen LogP contribution in [0.1, 0.15) is 19.3 Å². The number of nitrogens with one attached hydrogen (secondary N) is 1. The highest BCUT2D eigenvalue weighted by Crippen LogP contribution is 2.33. The Morgan fingerprint density at radius 1 is 1.44 bits per heavy atom. The van der Waals surface area contributed by atoms with Crippen LogP contribution < -0.4 is 0 Å². The first-order chi connectivity index (χ1) is 8.68. The monoisotopic (exact) mass is 271 g/mol. The predicted octanol–water partition coefficient (Wildman–Crippen LogP) is 0.599. The van der Waals surface area contributed by atoms with Gasteiger partial charge in [0, 0.05) is 19.2 Å². The number of ether oxygens (including phenoxy) is 1. The number of sulfonamides is 1. The second kappa shape index (κ2) is 4.64. The highest BCUT2D eigenvalue weighted by molar-refractivity contribution is 7.89. The fourth-order valence-electron chi connectivity index (χ4n) is 2.30. The zero-order valence-corrected chi connectivity index (χ0v) is 10.9. The van der Waals surface area contributed by atoms with Crippen molar-refractivity contribution in [3.8, 4) is 0 Å². The Balaban J connectivity index is 1.80. The molecule has 0 spiro atoms. The molecule has 2 fully saturated rings. The van der Waals surface area contributed by atoms with Crippen molar-refractivity contribution in [3.63, 3.8) is 0 Å². The van der Waals surface area contributed by atoms with Gasteiger partial charge in [-0.3, -0.25) is 5.10 Å². The van der Waals surface area contributed by atoms with Crippen molar-refractivity contribution in [3.05, 3.63) is 12.3 Å². The van der Waals surface area contributed by atoms with Gasteiger partial charge < -0.3 is 4.74 Å². The summed E-state index contributed by atoms with van der Waals surface area (Å²) in [6, 6.07) is 1.68. The third kappa shape index (κ3) is 2.30. The average molecular weight is 271 g/mol. The van der Waals surface area contributed by atoms with Gasteiger partial charge in [-0.25, -0.2) is 8.42 Å². The second-order valence-corrected chi connectivity index (χ2v) is 6.82. The van der Waals surface area contributed by atoms with Crippen molar-refractivity contribution in [2.24, 2.45) is 5.92 Å². The summed E-state index contributed by atoms with van der Waals surface area (Å²) in [5, 5.41) is 6.47. The van der Waals surface area contributed by atoms with E-state index in [1.54, 1.807) is 4.31 Å². The van der Waals surface area contributed by atoms with Gasteiger partial charge in [-0.1, -0.05) is 0 Å². The molecule has 0 radical (unpaired) electrons. The molecule has 18 heavy (non-hydrogen) atoms. The van der Waals surface area contributed by atoms with E-state index in [2.05, 4.69) is 10.2 Å². The largest absolute Gasteiger partial charge is 0.381 e. The van der Waals surface area contributed by atoms with E-state index in [0.29, 0.717) is 19.1 Å². The van der Waals surface area contributed by atoms with Gasteiger partial charge in [0.1, 0.15) is 0 Å². The van der Waals surface area contributed by atoms with E-state index in [4.69, 9.17) is 4.74 Å². The summed E-state index contributed by atoms with van der Waals surface area (Å²) >= 11 is 0. The first-order valence-electron chi connectivity index (χ1n) is 6.27. The number of hydrogen-bond donors (Lipinski definition) is 1. The Morgan fingerprint density at radius 3 is 2.83 bits per heavy atom. The summed E-state index contributed by atoms with van der Waals surface area (Å²) in [6.45, 7) is 1.97. The van der Waals surface area contributed by atoms with Gasteiger partial charge in [0.05, 0.1) is 12.8 Å². The Kier molecular flexibility index (Phi) is 3.13. The van der Waals surface area contributed by atoms with E-state index in [1.807, 2.05) is 0 Å². The van der Waals surface area contributed by atoms with Crippen LogP contribution in [0.4, 0.5) is 0 Å². The molecule has 0 amide bonds. The molecule has 1 saturated heterocycles. The molecule has 1 unspecified atom stereocenters. The first-order valence-corrected chi connectivity index (χ1v) is 7.71. The van der Waals surface area contributed by atoms with Gasteiger partial charge in [0.15, 0.2) is 5.03 Å². The SMILES string of the molecule is O=S(=O)(c1ccn[nH]1)N(CC1CCOC1)C1CC1. The second-order valence-electron chi connectivity index (χ2n) is 4.96. The molecule has 1 atom stereocenters. The van der Waals surface area contributed by atoms with E-state index in [0.717, 1.165) is 25.9 Å². The summed E-state index contributed by atoms with van der Waals surface area (Å²) in [6.07, 6.45) is 4.33. The van der Waals surface area contributed by atoms with Gasteiger partial charge in [-0.15, -0.1) is 0 Å². The maximum absolute atomic E-state index is 12.5. The van der Waals surface area contributed by atoms with Crippen molar-refractivity contribution >= 4 is 10.0 Å². The maximum Gasteiger partial charge on any atom is 0.260 e. The summed E-state index contributed by atoms with van der Waals surface area (Å²) < 4.78 is 31.9. The Bertz CT molecular complexity index is 490. The number of aromatic amines is 1. The number of aromatic nitrogens is 2. The number of hydrogen-bond acceptors (Lipinski definition) is 4. The summed E-state index contributed by atoms with van der Waals surface area (Å²) in [5.41, 5.74) is 0. The van der Waals surface area contributed by atoms with Crippen molar-refractivity contribution < 1.29 is 13.2 Å². The maximum atomic E-state index is 12.5. The molecule has 3 rings (SSSR count). The van der Waals surface area contributed by atoms with E-state index in [1.165, 1.54) is 12.3 Å². The molecule has 1 aliphatic carbocycles. The van der Waals surface area contributed by atoms with Crippen molar-refractivity contribution in [1.29, 1.82) is 0 Å². The van der Waals surface area contributed by atoms with Crippen LogP contribution in [0.5, 0.6) is 0 Å². The summed E-state index contributed by atoms with van der Waals surface area (Å²) in [4.78, 5) is 0. The van der Waals surface area contributed by atoms with Crippen molar-refractivity contribution in [1.82, 2.24) is 14.5 Å². The quantitative estimate of drug-likeness (QED) is 0.851. The molecule has 2 aliphatic rings. The lowest BCUT2D eigenvalue weighted by Crippen LogP contribution is -2.37. The van der Waals surface area contributed by atoms with Crippen LogP contribution in [0.3, 0.4) is 0 Å². The Hall–Kier alpha value is -0.920. The molecule has 0 bridgehead atoms. The number of H-pyrrole nitrogens is 1. The highest BCUT2D eigenvalue weighted by atomic mass is 32.2. The van der Waals surface area contributed by atoms with Gasteiger partial charge in [-0.2, -0.15) is 9.40 Å². The topological polar surface area (TPSA) is 75.3 Å². The normalized spacial score (nSPS) is 24.8. The Labute approximate surface area is 106 Å². The highest BCUT2D eigenvalue weighted by Gasteiger charge is 2.40. The zero-order chi connectivity index (χ0) is 12.6. The minimum atomic E-state index is -3.42. The molecule has 1 saturated carbocycles. The Morgan fingerprint density at radius 2 is 2.28 bits per heavy atom.